The molecule has 1 heterocycles. The summed E-state index contributed by atoms with van der Waals surface area (Å²) in [6.45, 7) is 3.19. The van der Waals surface area contributed by atoms with Crippen LogP contribution < -0.4 is 10.1 Å². The molecule has 23 heavy (non-hydrogen) atoms. The van der Waals surface area contributed by atoms with Crippen molar-refractivity contribution < 1.29 is 9.13 Å². The zero-order chi connectivity index (χ0) is 15.2. The molecule has 0 radical (unpaired) electrons. The topological polar surface area (TPSA) is 24.5 Å². The maximum absolute atomic E-state index is 13.6. The lowest BCUT2D eigenvalue weighted by atomic mass is 10.1. The fraction of sp³-hybridized carbons (Fsp3) is 0.333. The number of para-hydroxylation sites is 1. The van der Waals surface area contributed by atoms with Gasteiger partial charge in [0.05, 0.1) is 6.04 Å². The lowest BCUT2D eigenvalue weighted by Crippen LogP contribution is -2.45. The Bertz CT molecular complexity index is 591. The minimum absolute atomic E-state index is 0. The summed E-state index contributed by atoms with van der Waals surface area (Å²) in [5, 5.41) is 3.30. The number of nitrogens with zero attached hydrogens (tertiary/aromatic N) is 1. The van der Waals surface area contributed by atoms with E-state index in [1.54, 1.807) is 0 Å². The fourth-order valence-corrected chi connectivity index (χ4v) is 2.80. The van der Waals surface area contributed by atoms with Crippen molar-refractivity contribution in [3.8, 4) is 11.5 Å². The molecule has 0 bridgehead atoms. The van der Waals surface area contributed by atoms with E-state index < -0.39 is 0 Å². The standard InChI is InChI=1S/C18H21FN2O.ClH/c19-14-18(21-11-9-20-10-12-21)15-5-4-8-17(13-15)22-16-6-2-1-3-7-16;/h1-8,13,18,20H,9-12,14H2;1H/t18-;/m0./s1. The second-order valence-electron chi connectivity index (χ2n) is 5.44. The molecule has 2 aromatic rings. The van der Waals surface area contributed by atoms with Gasteiger partial charge in [0.15, 0.2) is 0 Å². The van der Waals surface area contributed by atoms with E-state index in [9.17, 15) is 4.39 Å². The Kier molecular flexibility index (Phi) is 6.84. The van der Waals surface area contributed by atoms with Crippen LogP contribution in [0.25, 0.3) is 0 Å². The van der Waals surface area contributed by atoms with Crippen LogP contribution in [0.3, 0.4) is 0 Å². The summed E-state index contributed by atoms with van der Waals surface area (Å²) in [6, 6.07) is 17.2. The van der Waals surface area contributed by atoms with Crippen LogP contribution in [-0.2, 0) is 0 Å². The summed E-state index contributed by atoms with van der Waals surface area (Å²) >= 11 is 0. The Morgan fingerprint density at radius 3 is 2.39 bits per heavy atom. The molecule has 5 heteroatoms. The molecule has 124 valence electrons. The highest BCUT2D eigenvalue weighted by Gasteiger charge is 2.22. The van der Waals surface area contributed by atoms with Crippen molar-refractivity contribution in [2.75, 3.05) is 32.9 Å². The maximum atomic E-state index is 13.6. The number of rotatable bonds is 5. The first kappa shape index (κ1) is 17.7. The van der Waals surface area contributed by atoms with Crippen molar-refractivity contribution in [1.29, 1.82) is 0 Å². The van der Waals surface area contributed by atoms with Crippen molar-refractivity contribution in [2.45, 2.75) is 6.04 Å². The molecule has 0 aliphatic carbocycles. The molecule has 0 amide bonds. The fourth-order valence-electron chi connectivity index (χ4n) is 2.80. The van der Waals surface area contributed by atoms with Gasteiger partial charge in [0.2, 0.25) is 0 Å². The molecule has 3 rings (SSSR count). The first-order valence-electron chi connectivity index (χ1n) is 7.70. The van der Waals surface area contributed by atoms with Crippen LogP contribution in [0.4, 0.5) is 4.39 Å². The van der Waals surface area contributed by atoms with Gasteiger partial charge in [0, 0.05) is 26.2 Å². The summed E-state index contributed by atoms with van der Waals surface area (Å²) in [5.41, 5.74) is 0.970. The molecule has 1 atom stereocenters. The lowest BCUT2D eigenvalue weighted by Gasteiger charge is -2.33. The molecule has 1 aliphatic heterocycles. The molecule has 1 saturated heterocycles. The summed E-state index contributed by atoms with van der Waals surface area (Å²) in [7, 11) is 0. The lowest BCUT2D eigenvalue weighted by molar-refractivity contribution is 0.147. The van der Waals surface area contributed by atoms with Gasteiger partial charge in [-0.15, -0.1) is 12.4 Å². The van der Waals surface area contributed by atoms with Crippen LogP contribution in [0.2, 0.25) is 0 Å². The summed E-state index contributed by atoms with van der Waals surface area (Å²) in [6.07, 6.45) is 0. The van der Waals surface area contributed by atoms with E-state index in [2.05, 4.69) is 10.2 Å². The Hall–Kier alpha value is -1.62. The molecule has 0 spiro atoms. The molecule has 1 N–H and O–H groups in total. The van der Waals surface area contributed by atoms with Crippen LogP contribution in [0.15, 0.2) is 54.6 Å². The van der Waals surface area contributed by atoms with E-state index in [4.69, 9.17) is 4.74 Å². The van der Waals surface area contributed by atoms with Gasteiger partial charge in [-0.05, 0) is 29.8 Å². The van der Waals surface area contributed by atoms with Gasteiger partial charge in [-0.25, -0.2) is 4.39 Å². The molecule has 0 aromatic heterocycles. The second-order valence-corrected chi connectivity index (χ2v) is 5.44. The van der Waals surface area contributed by atoms with Crippen molar-refractivity contribution in [1.82, 2.24) is 10.2 Å². The normalized spacial score (nSPS) is 16.4. The summed E-state index contributed by atoms with van der Waals surface area (Å²) < 4.78 is 19.4. The highest BCUT2D eigenvalue weighted by molar-refractivity contribution is 5.85. The number of piperazine rings is 1. The summed E-state index contributed by atoms with van der Waals surface area (Å²) in [5.74, 6) is 1.54. The zero-order valence-electron chi connectivity index (χ0n) is 13.0. The molecular weight excluding hydrogens is 315 g/mol. The van der Waals surface area contributed by atoms with Gasteiger partial charge in [-0.2, -0.15) is 0 Å². The molecule has 0 unspecified atom stereocenters. The number of benzene rings is 2. The third-order valence-electron chi connectivity index (χ3n) is 3.96. The van der Waals surface area contributed by atoms with Crippen LogP contribution in [0.5, 0.6) is 11.5 Å². The average molecular weight is 337 g/mol. The number of ether oxygens (including phenoxy) is 1. The number of alkyl halides is 1. The van der Waals surface area contributed by atoms with Crippen molar-refractivity contribution in [2.24, 2.45) is 0 Å². The van der Waals surface area contributed by atoms with Crippen molar-refractivity contribution in [3.63, 3.8) is 0 Å². The third kappa shape index (κ3) is 4.67. The highest BCUT2D eigenvalue weighted by atomic mass is 35.5. The zero-order valence-corrected chi connectivity index (χ0v) is 13.8. The largest absolute Gasteiger partial charge is 0.457 e. The third-order valence-corrected chi connectivity index (χ3v) is 3.96. The van der Waals surface area contributed by atoms with Gasteiger partial charge in [-0.3, -0.25) is 4.90 Å². The maximum Gasteiger partial charge on any atom is 0.127 e. The first-order chi connectivity index (χ1) is 10.9. The van der Waals surface area contributed by atoms with Crippen LogP contribution in [0.1, 0.15) is 11.6 Å². The van der Waals surface area contributed by atoms with Gasteiger partial charge >= 0.3 is 0 Å². The minimum Gasteiger partial charge on any atom is -0.457 e. The average Bonchev–Trinajstić information content (AvgIpc) is 2.58. The molecular formula is C18H22ClFN2O. The Labute approximate surface area is 142 Å². The molecule has 1 fully saturated rings. The number of hydrogen-bond acceptors (Lipinski definition) is 3. The van der Waals surface area contributed by atoms with E-state index in [1.165, 1.54) is 0 Å². The van der Waals surface area contributed by atoms with E-state index in [0.717, 1.165) is 43.2 Å². The van der Waals surface area contributed by atoms with Gasteiger partial charge < -0.3 is 10.1 Å². The van der Waals surface area contributed by atoms with E-state index in [0.29, 0.717) is 0 Å². The molecule has 0 saturated carbocycles. The smallest absolute Gasteiger partial charge is 0.127 e. The van der Waals surface area contributed by atoms with Crippen LogP contribution >= 0.6 is 12.4 Å². The monoisotopic (exact) mass is 336 g/mol. The van der Waals surface area contributed by atoms with Gasteiger partial charge in [0.25, 0.3) is 0 Å². The number of nitrogens with one attached hydrogen (secondary N) is 1. The predicted molar refractivity (Wildman–Crippen MR) is 93.4 cm³/mol. The van der Waals surface area contributed by atoms with Crippen LogP contribution in [-0.4, -0.2) is 37.8 Å². The van der Waals surface area contributed by atoms with E-state index >= 15 is 0 Å². The summed E-state index contributed by atoms with van der Waals surface area (Å²) in [4.78, 5) is 2.19. The minimum atomic E-state index is -0.380. The van der Waals surface area contributed by atoms with Crippen molar-refractivity contribution >= 4 is 12.4 Å². The molecule has 3 nitrogen and oxygen atoms in total. The SMILES string of the molecule is Cl.FC[C@@H](c1cccc(Oc2ccccc2)c1)N1CCNCC1. The number of hydrogen-bond donors (Lipinski definition) is 1. The first-order valence-corrected chi connectivity index (χ1v) is 7.70. The van der Waals surface area contributed by atoms with E-state index in [-0.39, 0.29) is 25.1 Å². The van der Waals surface area contributed by atoms with Crippen molar-refractivity contribution in [3.05, 3.63) is 60.2 Å². The number of halogens is 2. The quantitative estimate of drug-likeness (QED) is 0.898. The molecule has 1 aliphatic rings. The highest BCUT2D eigenvalue weighted by Crippen LogP contribution is 2.27. The van der Waals surface area contributed by atoms with Gasteiger partial charge in [0.1, 0.15) is 18.2 Å². The molecule has 2 aromatic carbocycles. The predicted octanol–water partition coefficient (Wildman–Crippen LogP) is 3.82. The second kappa shape index (κ2) is 8.87. The van der Waals surface area contributed by atoms with Gasteiger partial charge in [-0.1, -0.05) is 30.3 Å². The Morgan fingerprint density at radius 1 is 1.00 bits per heavy atom. The Balaban J connectivity index is 0.00000192. The van der Waals surface area contributed by atoms with E-state index in [1.807, 2.05) is 54.6 Å². The van der Waals surface area contributed by atoms with Crippen LogP contribution in [0, 0.1) is 0 Å². The Morgan fingerprint density at radius 2 is 1.70 bits per heavy atom.